The maximum atomic E-state index is 9.40. The molecule has 2 aliphatic carbocycles. The molecule has 1 aliphatic heterocycles. The molecule has 1 saturated carbocycles. The van der Waals surface area contributed by atoms with E-state index in [2.05, 4.69) is 213 Å². The highest BCUT2D eigenvalue weighted by Crippen LogP contribution is 2.45. The molecule has 0 amide bonds. The maximum Gasteiger partial charge on any atom is 0.222 e. The van der Waals surface area contributed by atoms with Crippen molar-refractivity contribution in [1.29, 1.82) is 0 Å². The minimum absolute atomic E-state index is 0.0160. The van der Waals surface area contributed by atoms with Crippen molar-refractivity contribution in [3.05, 3.63) is 188 Å². The predicted molar refractivity (Wildman–Crippen MR) is 546 cm³/mol. The molecular weight excluding hydrogens is 1970 g/mol. The molecule has 12 aromatic heterocycles. The van der Waals surface area contributed by atoms with Gasteiger partial charge in [0.25, 0.3) is 0 Å². The number of nitrogens with one attached hydrogen (secondary N) is 3. The number of likely N-dealkylation sites (tertiary alicyclic amines) is 1. The Morgan fingerprint density at radius 1 is 0.482 bits per heavy atom. The van der Waals surface area contributed by atoms with Crippen molar-refractivity contribution in [3.63, 3.8) is 0 Å². The molecule has 137 heavy (non-hydrogen) atoms. The largest absolute Gasteiger partial charge is 0.481 e. The van der Waals surface area contributed by atoms with Crippen LogP contribution in [0.3, 0.4) is 0 Å². The highest BCUT2D eigenvalue weighted by Gasteiger charge is 2.26. The summed E-state index contributed by atoms with van der Waals surface area (Å²) in [6.45, 7) is 30.8. The van der Waals surface area contributed by atoms with E-state index in [-0.39, 0.29) is 48.2 Å². The first-order valence-electron chi connectivity index (χ1n) is 44.5. The second-order valence-corrected chi connectivity index (χ2v) is 35.7. The van der Waals surface area contributed by atoms with Crippen LogP contribution < -0.4 is 88.2 Å². The zero-order chi connectivity index (χ0) is 98.8. The predicted octanol–water partition coefficient (Wildman–Crippen LogP) is 19.8. The number of nitrogen functional groups attached to an aromatic ring is 6. The number of aliphatic hydroxyl groups is 1. The zero-order valence-corrected chi connectivity index (χ0v) is 85.3. The number of thioether (sulfide) groups is 1. The van der Waals surface area contributed by atoms with Gasteiger partial charge in [-0.25, -0.2) is 74.8 Å². The van der Waals surface area contributed by atoms with Gasteiger partial charge in [0.05, 0.1) is 75.7 Å². The van der Waals surface area contributed by atoms with Gasteiger partial charge in [-0.2, -0.15) is 15.0 Å². The number of allylic oxidation sites excluding steroid dienone is 3. The number of pyridine rings is 6. The number of hydrogen-bond donors (Lipinski definition) is 10. The second kappa shape index (κ2) is 53.0. The molecule has 0 unspecified atom stereocenters. The highest BCUT2D eigenvalue weighted by atomic mass is 79.9. The van der Waals surface area contributed by atoms with Crippen molar-refractivity contribution in [2.75, 3.05) is 124 Å². The van der Waals surface area contributed by atoms with Crippen LogP contribution >= 0.6 is 59.6 Å². The van der Waals surface area contributed by atoms with Crippen LogP contribution in [0.25, 0.3) is 11.1 Å². The normalized spacial score (nSPS) is 12.9. The number of halogens is 3. The SMILES string of the molecule is C=C(C)c1cnc(SC)cc1Oc1cnc(C)nc1N.CC(C)c1cnc(Br)cc1Oc1cnc(N)nc1NCCN1CCCC1.CC[C@@H](CO)Nc1nc(N)ncc1Oc1cc(Br)ncc1C(C)C.COCCNc1nc(N)ncc1Oc1cc(Br)ncc1C(C)C.COc1cc(Oc2cnc(C)nc2N)c(C2=CCCC2)cn1.COc1cc(Oc2cnc(C)nc2N)c(C2CCCC2)cn1. The van der Waals surface area contributed by atoms with Gasteiger partial charge in [-0.1, -0.05) is 74.0 Å². The summed E-state index contributed by atoms with van der Waals surface area (Å²) in [5.74, 6) is 14.1. The van der Waals surface area contributed by atoms with Gasteiger partial charge in [-0.05, 0) is 181 Å². The molecule has 0 aromatic carbocycles. The Labute approximate surface area is 828 Å². The first-order chi connectivity index (χ1) is 65.8. The van der Waals surface area contributed by atoms with Crippen LogP contribution in [0, 0.1) is 20.8 Å². The number of rotatable bonds is 33. The van der Waals surface area contributed by atoms with Crippen LogP contribution in [0.2, 0.25) is 0 Å². The third-order valence-corrected chi connectivity index (χ3v) is 23.1. The van der Waals surface area contributed by atoms with Crippen LogP contribution in [-0.2, 0) is 4.74 Å². The number of aliphatic hydroxyl groups excluding tert-OH is 1. The Bertz CT molecular complexity index is 6020. The van der Waals surface area contributed by atoms with E-state index < -0.39 is 0 Å². The summed E-state index contributed by atoms with van der Waals surface area (Å²) in [4.78, 5) is 77.6. The Kier molecular flexibility index (Phi) is 41.1. The summed E-state index contributed by atoms with van der Waals surface area (Å²) >= 11 is 11.7. The van der Waals surface area contributed by atoms with Crippen molar-refractivity contribution >= 4 is 123 Å². The molecule has 728 valence electrons. The molecule has 0 spiro atoms. The van der Waals surface area contributed by atoms with Crippen molar-refractivity contribution in [3.8, 4) is 80.8 Å². The third kappa shape index (κ3) is 32.1. The van der Waals surface area contributed by atoms with Crippen LogP contribution in [0.4, 0.5) is 52.8 Å². The molecule has 0 bridgehead atoms. The first kappa shape index (κ1) is 106. The number of methoxy groups -OCH3 is 3. The Morgan fingerprint density at radius 3 is 1.34 bits per heavy atom. The molecular formula is C95H121Br3N28O10S. The monoisotopic (exact) mass is 2080 g/mol. The molecule has 12 aromatic rings. The average molecular weight is 2090 g/mol. The van der Waals surface area contributed by atoms with E-state index in [4.69, 9.17) is 77.0 Å². The molecule has 42 heteroatoms. The molecule has 1 saturated heterocycles. The number of nitrogens with two attached hydrogens (primary N) is 6. The highest BCUT2D eigenvalue weighted by molar-refractivity contribution is 9.11. The molecule has 15 rings (SSSR count). The lowest BCUT2D eigenvalue weighted by molar-refractivity contribution is 0.210. The third-order valence-electron chi connectivity index (χ3n) is 21.2. The lowest BCUT2D eigenvalue weighted by atomic mass is 9.98. The standard InChI is InChI=1S/C18H25BrN6O.C16H22BrN5O2.C16H20N4O2.C16H18N4O2.C15H20BrN5O2.C14H16N4OS/c1-12(2)13-10-22-16(19)9-14(13)26-15-11-23-18(20)24-17(15)21-5-8-25-6-3-4-7-25;1-4-10(8-23)21-15-13(7-20-16(18)22-15)24-12-5-14(17)19-6-11(12)9(2)3;2*1-10-18-9-14(16(17)20-10)22-13-7-15(21-2)19-8-12(13)11-5-3-4-6-11;1-9(2)10-7-19-13(16)6-11(10)23-12-8-20-15(17)21-14(12)18-4-5-22-3;1-8(2)10-6-17-13(20-4)5-11(10)19-12-7-16-9(3)18-14(12)15/h9-12H,3-8H2,1-2H3,(H3,20,21,23,24);5-7,9-10,23H,4,8H2,1-3H3,(H3,18,20,21,22);7-9,11H,3-6H2,1-2H3,(H2,17,18,20);5,7-9H,3-4,6H2,1-2H3,(H2,17,18,20);6-9H,4-5H2,1-3H3,(H3,17,18,20,21);5-7H,1H2,2-4H3,(H2,15,16,18)/t;10-;;;;/m.0..../s1. The molecule has 16 N–H and O–H groups in total. The van der Waals surface area contributed by atoms with Gasteiger partial charge in [0.2, 0.25) is 29.6 Å². The van der Waals surface area contributed by atoms with E-state index in [0.717, 1.165) is 112 Å². The van der Waals surface area contributed by atoms with Gasteiger partial charge in [0.1, 0.15) is 65.8 Å². The minimum Gasteiger partial charge on any atom is -0.481 e. The van der Waals surface area contributed by atoms with Crippen LogP contribution in [0.1, 0.15) is 194 Å². The van der Waals surface area contributed by atoms with Gasteiger partial charge in [-0.3, -0.25) is 0 Å². The van der Waals surface area contributed by atoms with Crippen molar-refractivity contribution in [2.24, 2.45) is 0 Å². The van der Waals surface area contributed by atoms with Crippen molar-refractivity contribution in [2.45, 2.75) is 175 Å². The number of hydrogen-bond acceptors (Lipinski definition) is 39. The van der Waals surface area contributed by atoms with Gasteiger partial charge in [0, 0.05) is 134 Å². The number of ether oxygens (including phenoxy) is 9. The maximum absolute atomic E-state index is 9.40. The molecule has 1 atom stereocenters. The van der Waals surface area contributed by atoms with Gasteiger partial charge < -0.3 is 103 Å². The van der Waals surface area contributed by atoms with E-state index in [0.29, 0.717) is 150 Å². The quantitative estimate of drug-likeness (QED) is 0.0104. The smallest absolute Gasteiger partial charge is 0.222 e. The lowest BCUT2D eigenvalue weighted by Crippen LogP contribution is -2.26. The van der Waals surface area contributed by atoms with Gasteiger partial charge >= 0.3 is 0 Å². The van der Waals surface area contributed by atoms with E-state index >= 15 is 0 Å². The van der Waals surface area contributed by atoms with E-state index in [1.807, 2.05) is 50.7 Å². The summed E-state index contributed by atoms with van der Waals surface area (Å²) in [6.07, 6.45) is 35.7. The fourth-order valence-corrected chi connectivity index (χ4v) is 15.2. The number of anilines is 9. The lowest BCUT2D eigenvalue weighted by Gasteiger charge is -2.19. The zero-order valence-electron chi connectivity index (χ0n) is 79.7. The fraction of sp³-hybridized carbons (Fsp3) is 0.389. The van der Waals surface area contributed by atoms with Gasteiger partial charge in [-0.15, -0.1) is 11.8 Å². The Hall–Kier alpha value is -12.9. The van der Waals surface area contributed by atoms with Crippen molar-refractivity contribution in [1.82, 2.24) is 94.6 Å². The van der Waals surface area contributed by atoms with Crippen LogP contribution in [0.5, 0.6) is 80.8 Å². The van der Waals surface area contributed by atoms with Crippen LogP contribution in [-0.4, -0.2) is 179 Å². The Morgan fingerprint density at radius 2 is 0.912 bits per heavy atom. The van der Waals surface area contributed by atoms with Crippen molar-refractivity contribution < 1.29 is 47.7 Å². The molecule has 2 fully saturated rings. The molecule has 0 radical (unpaired) electrons. The van der Waals surface area contributed by atoms with E-state index in [1.54, 1.807) is 116 Å². The second-order valence-electron chi connectivity index (χ2n) is 32.5. The number of nitrogens with zero attached hydrogens (tertiary/aromatic N) is 19. The average Bonchev–Trinajstić information content (AvgIpc) is 1.66. The fourth-order valence-electron chi connectivity index (χ4n) is 13.9. The van der Waals surface area contributed by atoms with Crippen LogP contribution in [0.15, 0.2) is 142 Å². The molecule has 38 nitrogen and oxygen atoms in total. The van der Waals surface area contributed by atoms with E-state index in [1.165, 1.54) is 62.3 Å². The van der Waals surface area contributed by atoms with E-state index in [9.17, 15) is 5.11 Å². The summed E-state index contributed by atoms with van der Waals surface area (Å²) in [5, 5.41) is 19.9. The molecule has 3 aliphatic rings. The molecule has 13 heterocycles. The summed E-state index contributed by atoms with van der Waals surface area (Å²) in [5.41, 5.74) is 42.8. The summed E-state index contributed by atoms with van der Waals surface area (Å²) in [6, 6.07) is 10.8. The number of aromatic nitrogens is 18. The minimum atomic E-state index is -0.143. The number of aryl methyl sites for hydroxylation is 3. The summed E-state index contributed by atoms with van der Waals surface area (Å²) < 4.78 is 53.4. The Balaban J connectivity index is 0.000000170. The summed E-state index contributed by atoms with van der Waals surface area (Å²) in [7, 11) is 4.80. The topological polar surface area (TPSA) is 531 Å². The van der Waals surface area contributed by atoms with Gasteiger partial charge in [0.15, 0.2) is 69.4 Å². The first-order valence-corrected chi connectivity index (χ1v) is 48.2.